The average molecular weight is 353 g/mol. The van der Waals surface area contributed by atoms with Crippen LogP contribution in [0.3, 0.4) is 0 Å². The summed E-state index contributed by atoms with van der Waals surface area (Å²) in [5.74, 6) is -0.152. The summed E-state index contributed by atoms with van der Waals surface area (Å²) in [6.07, 6.45) is 3.89. The predicted octanol–water partition coefficient (Wildman–Crippen LogP) is 3.15. The van der Waals surface area contributed by atoms with Crippen molar-refractivity contribution in [2.75, 3.05) is 6.54 Å². The first-order chi connectivity index (χ1) is 12.7. The molecule has 2 aliphatic rings. The molecule has 1 aliphatic heterocycles. The number of carbonyl (C=O) groups excluding carboxylic acids is 1. The Bertz CT molecular complexity index is 821. The van der Waals surface area contributed by atoms with Gasteiger partial charge in [-0.25, -0.2) is 4.39 Å². The number of amides is 1. The molecule has 2 aromatic rings. The van der Waals surface area contributed by atoms with Gasteiger partial charge in [-0.2, -0.15) is 0 Å². The third-order valence-electron chi connectivity index (χ3n) is 4.67. The Morgan fingerprint density at radius 3 is 2.73 bits per heavy atom. The quantitative estimate of drug-likeness (QED) is 0.802. The van der Waals surface area contributed by atoms with Gasteiger partial charge >= 0.3 is 0 Å². The fourth-order valence-corrected chi connectivity index (χ4v) is 3.11. The Kier molecular flexibility index (Phi) is 4.65. The molecule has 5 nitrogen and oxygen atoms in total. The maximum Gasteiger partial charge on any atom is 0.226 e. The molecule has 1 saturated carbocycles. The molecule has 1 fully saturated rings. The first-order valence-electron chi connectivity index (χ1n) is 8.87. The number of halogens is 1. The summed E-state index contributed by atoms with van der Waals surface area (Å²) in [7, 11) is 0. The van der Waals surface area contributed by atoms with E-state index in [4.69, 9.17) is 4.84 Å². The van der Waals surface area contributed by atoms with Crippen molar-refractivity contribution in [3.8, 4) is 0 Å². The normalized spacial score (nSPS) is 19.0. The molecule has 26 heavy (non-hydrogen) atoms. The number of hydrogen-bond acceptors (Lipinski definition) is 4. The van der Waals surface area contributed by atoms with Gasteiger partial charge in [0.25, 0.3) is 0 Å². The van der Waals surface area contributed by atoms with Crippen LogP contribution < -0.4 is 0 Å². The summed E-state index contributed by atoms with van der Waals surface area (Å²) >= 11 is 0. The highest BCUT2D eigenvalue weighted by Gasteiger charge is 2.36. The summed E-state index contributed by atoms with van der Waals surface area (Å²) in [4.78, 5) is 24.2. The van der Waals surface area contributed by atoms with Crippen molar-refractivity contribution in [3.63, 3.8) is 0 Å². The van der Waals surface area contributed by atoms with E-state index in [9.17, 15) is 9.18 Å². The molecule has 1 aromatic carbocycles. The fourth-order valence-electron chi connectivity index (χ4n) is 3.11. The van der Waals surface area contributed by atoms with Crippen LogP contribution in [0.25, 0.3) is 0 Å². The highest BCUT2D eigenvalue weighted by atomic mass is 19.1. The van der Waals surface area contributed by atoms with Crippen molar-refractivity contribution in [2.24, 2.45) is 11.1 Å². The maximum absolute atomic E-state index is 14.0. The van der Waals surface area contributed by atoms with Gasteiger partial charge in [0.1, 0.15) is 11.5 Å². The van der Waals surface area contributed by atoms with E-state index >= 15 is 0 Å². The molecule has 0 spiro atoms. The molecule has 134 valence electrons. The third kappa shape index (κ3) is 3.74. The van der Waals surface area contributed by atoms with E-state index in [0.717, 1.165) is 24.2 Å². The van der Waals surface area contributed by atoms with Gasteiger partial charge in [0, 0.05) is 30.6 Å². The van der Waals surface area contributed by atoms with Crippen LogP contribution >= 0.6 is 0 Å². The molecular weight excluding hydrogens is 333 g/mol. The van der Waals surface area contributed by atoms with Gasteiger partial charge in [-0.15, -0.1) is 0 Å². The van der Waals surface area contributed by atoms with E-state index in [2.05, 4.69) is 10.1 Å². The number of aromatic nitrogens is 1. The van der Waals surface area contributed by atoms with Crippen LogP contribution in [0.4, 0.5) is 4.39 Å². The zero-order valence-corrected chi connectivity index (χ0v) is 14.3. The van der Waals surface area contributed by atoms with Crippen molar-refractivity contribution < 1.29 is 14.0 Å². The van der Waals surface area contributed by atoms with Gasteiger partial charge in [-0.05, 0) is 31.0 Å². The zero-order valence-electron chi connectivity index (χ0n) is 14.3. The van der Waals surface area contributed by atoms with Crippen molar-refractivity contribution >= 4 is 11.6 Å². The molecular formula is C20H20FN3O2. The van der Waals surface area contributed by atoms with Crippen molar-refractivity contribution in [1.29, 1.82) is 0 Å². The predicted molar refractivity (Wildman–Crippen MR) is 94.8 cm³/mol. The zero-order chi connectivity index (χ0) is 17.9. The van der Waals surface area contributed by atoms with Crippen LogP contribution in [-0.2, 0) is 16.2 Å². The summed E-state index contributed by atoms with van der Waals surface area (Å²) in [6.45, 7) is 0.643. The molecule has 1 amide bonds. The molecule has 2 heterocycles. The molecule has 0 N–H and O–H groups in total. The Morgan fingerprint density at radius 2 is 2.00 bits per heavy atom. The van der Waals surface area contributed by atoms with Gasteiger partial charge in [0.15, 0.2) is 6.10 Å². The number of carbonyl (C=O) groups is 1. The van der Waals surface area contributed by atoms with Gasteiger partial charge in [0.2, 0.25) is 5.91 Å². The highest BCUT2D eigenvalue weighted by molar-refractivity contribution is 5.99. The molecule has 6 heteroatoms. The lowest BCUT2D eigenvalue weighted by atomic mass is 10.1. The van der Waals surface area contributed by atoms with Crippen LogP contribution in [0.15, 0.2) is 53.8 Å². The topological polar surface area (TPSA) is 54.8 Å². The number of nitrogens with zero attached hydrogens (tertiary/aromatic N) is 3. The molecule has 4 rings (SSSR count). The fraction of sp³-hybridized carbons (Fsp3) is 0.350. The van der Waals surface area contributed by atoms with Gasteiger partial charge in [0.05, 0.1) is 12.2 Å². The van der Waals surface area contributed by atoms with Crippen LogP contribution in [0.1, 0.15) is 30.5 Å². The summed E-state index contributed by atoms with van der Waals surface area (Å²) in [6, 6.07) is 12.2. The highest BCUT2D eigenvalue weighted by Crippen LogP contribution is 2.32. The van der Waals surface area contributed by atoms with Gasteiger partial charge in [-0.3, -0.25) is 9.78 Å². The van der Waals surface area contributed by atoms with Gasteiger partial charge in [-0.1, -0.05) is 29.4 Å². The Morgan fingerprint density at radius 1 is 1.19 bits per heavy atom. The summed E-state index contributed by atoms with van der Waals surface area (Å²) < 4.78 is 14.0. The lowest BCUT2D eigenvalue weighted by Crippen LogP contribution is -2.38. The molecule has 0 radical (unpaired) electrons. The van der Waals surface area contributed by atoms with Crippen LogP contribution in [0, 0.1) is 11.7 Å². The lowest BCUT2D eigenvalue weighted by Gasteiger charge is -2.25. The van der Waals surface area contributed by atoms with Crippen LogP contribution in [0.5, 0.6) is 0 Å². The minimum absolute atomic E-state index is 0.0688. The number of benzene rings is 1. The molecule has 1 aromatic heterocycles. The average Bonchev–Trinajstić information content (AvgIpc) is 3.42. The van der Waals surface area contributed by atoms with E-state index in [-0.39, 0.29) is 30.3 Å². The minimum atomic E-state index is -0.293. The summed E-state index contributed by atoms with van der Waals surface area (Å²) in [5, 5.41) is 4.13. The van der Waals surface area contributed by atoms with Gasteiger partial charge < -0.3 is 9.74 Å². The second-order valence-corrected chi connectivity index (χ2v) is 6.77. The van der Waals surface area contributed by atoms with Crippen molar-refractivity contribution in [3.05, 3.63) is 65.7 Å². The number of hydrogen-bond donors (Lipinski definition) is 0. The monoisotopic (exact) mass is 353 g/mol. The first-order valence-corrected chi connectivity index (χ1v) is 8.87. The molecule has 0 unspecified atom stereocenters. The Labute approximate surface area is 151 Å². The second-order valence-electron chi connectivity index (χ2n) is 6.77. The molecule has 0 bridgehead atoms. The van der Waals surface area contributed by atoms with Crippen LogP contribution in [0.2, 0.25) is 0 Å². The smallest absolute Gasteiger partial charge is 0.226 e. The Balaban J connectivity index is 1.44. The second kappa shape index (κ2) is 7.23. The van der Waals surface area contributed by atoms with E-state index in [1.807, 2.05) is 18.2 Å². The van der Waals surface area contributed by atoms with Crippen molar-refractivity contribution in [1.82, 2.24) is 9.88 Å². The summed E-state index contributed by atoms with van der Waals surface area (Å²) in [5.41, 5.74) is 2.08. The lowest BCUT2D eigenvalue weighted by molar-refractivity contribution is -0.135. The minimum Gasteiger partial charge on any atom is -0.390 e. The largest absolute Gasteiger partial charge is 0.390 e. The van der Waals surface area contributed by atoms with E-state index in [1.54, 1.807) is 29.3 Å². The maximum atomic E-state index is 14.0. The third-order valence-corrected chi connectivity index (χ3v) is 4.67. The molecule has 0 saturated heterocycles. The van der Waals surface area contributed by atoms with E-state index in [1.165, 1.54) is 6.07 Å². The SMILES string of the molecule is O=C(C1CC1)N(Cc1ccccc1F)C[C@@H]1CC(c2ccccn2)=NO1. The van der Waals surface area contributed by atoms with E-state index in [0.29, 0.717) is 18.5 Å². The molecule has 1 atom stereocenters. The van der Waals surface area contributed by atoms with E-state index < -0.39 is 0 Å². The Hall–Kier alpha value is -2.76. The number of pyridine rings is 1. The number of oxime groups is 1. The standard InChI is InChI=1S/C20H20FN3O2/c21-17-6-2-1-5-15(17)12-24(20(25)14-8-9-14)13-16-11-19(23-26-16)18-7-3-4-10-22-18/h1-7,10,14,16H,8-9,11-13H2/t16-/m0/s1. The number of rotatable bonds is 6. The first kappa shape index (κ1) is 16.7. The van der Waals surface area contributed by atoms with Crippen LogP contribution in [-0.4, -0.2) is 34.2 Å². The van der Waals surface area contributed by atoms with Crippen molar-refractivity contribution in [2.45, 2.75) is 31.9 Å². The molecule has 1 aliphatic carbocycles.